The Bertz CT molecular complexity index is 614. The summed E-state index contributed by atoms with van der Waals surface area (Å²) in [5.74, 6) is 0.662. The van der Waals surface area contributed by atoms with E-state index in [1.54, 1.807) is 35.0 Å². The van der Waals surface area contributed by atoms with E-state index in [0.29, 0.717) is 18.0 Å². The van der Waals surface area contributed by atoms with Gasteiger partial charge in [-0.3, -0.25) is 9.59 Å². The van der Waals surface area contributed by atoms with Gasteiger partial charge in [0.05, 0.1) is 17.5 Å². The normalized spacial score (nSPS) is 14.3. The lowest BCUT2D eigenvalue weighted by atomic mass is 9.93. The third-order valence-corrected chi connectivity index (χ3v) is 5.33. The molecular weight excluding hydrogens is 362 g/mol. The zero-order valence-electron chi connectivity index (χ0n) is 16.8. The Kier molecular flexibility index (Phi) is 10.2. The van der Waals surface area contributed by atoms with Crippen molar-refractivity contribution < 1.29 is 9.59 Å². The molecule has 152 valence electrons. The van der Waals surface area contributed by atoms with Gasteiger partial charge in [0.2, 0.25) is 5.91 Å². The lowest BCUT2D eigenvalue weighted by Crippen LogP contribution is -2.47. The molecule has 0 aliphatic carbocycles. The number of pyridine rings is 1. The first kappa shape index (κ1) is 23.2. The number of nitrogens with two attached hydrogens (primary N) is 2. The second kappa shape index (κ2) is 11.8. The number of amides is 2. The first-order chi connectivity index (χ1) is 12.8. The summed E-state index contributed by atoms with van der Waals surface area (Å²) in [4.78, 5) is 30.6. The second-order valence-electron chi connectivity index (χ2n) is 6.71. The number of carbonyl (C=O) groups is 2. The van der Waals surface area contributed by atoms with Crippen LogP contribution < -0.4 is 16.8 Å². The number of carbonyl (C=O) groups excluding carboxylic acids is 2. The molecular formula is C19H33N5O2S. The molecule has 1 aromatic heterocycles. The lowest BCUT2D eigenvalue weighted by Gasteiger charge is -2.27. The average molecular weight is 396 g/mol. The van der Waals surface area contributed by atoms with Crippen LogP contribution in [0.25, 0.3) is 0 Å². The van der Waals surface area contributed by atoms with E-state index in [1.807, 2.05) is 27.0 Å². The molecule has 0 radical (unpaired) electrons. The number of hydrogen-bond acceptors (Lipinski definition) is 6. The SMILES string of the molecule is CC[C@H](CC[C@@H](C)[C@H](N)C(=O)N(CC)CSC)NC(=O)c1cccnc1N. The van der Waals surface area contributed by atoms with Gasteiger partial charge in [-0.2, -0.15) is 0 Å². The minimum atomic E-state index is -0.528. The molecule has 5 N–H and O–H groups in total. The minimum absolute atomic E-state index is 0.00432. The monoisotopic (exact) mass is 395 g/mol. The fourth-order valence-corrected chi connectivity index (χ4v) is 3.44. The molecule has 0 saturated carbocycles. The van der Waals surface area contributed by atoms with E-state index in [2.05, 4.69) is 10.3 Å². The molecule has 7 nitrogen and oxygen atoms in total. The summed E-state index contributed by atoms with van der Waals surface area (Å²) in [5, 5.41) is 3.00. The van der Waals surface area contributed by atoms with Crippen LogP contribution in [0.3, 0.4) is 0 Å². The van der Waals surface area contributed by atoms with E-state index in [-0.39, 0.29) is 29.6 Å². The Hall–Kier alpha value is -1.80. The van der Waals surface area contributed by atoms with Crippen molar-refractivity contribution in [1.82, 2.24) is 15.2 Å². The van der Waals surface area contributed by atoms with E-state index in [0.717, 1.165) is 19.3 Å². The van der Waals surface area contributed by atoms with Crippen LogP contribution >= 0.6 is 11.8 Å². The van der Waals surface area contributed by atoms with Crippen LogP contribution in [0.15, 0.2) is 18.3 Å². The van der Waals surface area contributed by atoms with Crippen molar-refractivity contribution in [2.45, 2.75) is 52.1 Å². The summed E-state index contributed by atoms with van der Waals surface area (Å²) in [6, 6.07) is 2.81. The van der Waals surface area contributed by atoms with E-state index < -0.39 is 6.04 Å². The van der Waals surface area contributed by atoms with Gasteiger partial charge in [-0.1, -0.05) is 13.8 Å². The second-order valence-corrected chi connectivity index (χ2v) is 7.54. The molecule has 0 aliphatic rings. The third kappa shape index (κ3) is 7.03. The molecule has 8 heteroatoms. The molecule has 0 bridgehead atoms. The number of likely N-dealkylation sites (N-methyl/N-ethyl adjacent to an activating group) is 1. The maximum Gasteiger partial charge on any atom is 0.255 e. The van der Waals surface area contributed by atoms with Gasteiger partial charge in [0.15, 0.2) is 0 Å². The van der Waals surface area contributed by atoms with E-state index in [9.17, 15) is 9.59 Å². The van der Waals surface area contributed by atoms with E-state index in [4.69, 9.17) is 11.5 Å². The van der Waals surface area contributed by atoms with Gasteiger partial charge in [-0.05, 0) is 50.5 Å². The molecule has 0 aliphatic heterocycles. The van der Waals surface area contributed by atoms with Gasteiger partial charge in [-0.25, -0.2) is 4.98 Å². The number of hydrogen-bond donors (Lipinski definition) is 3. The fourth-order valence-electron chi connectivity index (χ4n) is 2.82. The summed E-state index contributed by atoms with van der Waals surface area (Å²) < 4.78 is 0. The molecule has 0 aromatic carbocycles. The summed E-state index contributed by atoms with van der Waals surface area (Å²) in [6.07, 6.45) is 5.81. The molecule has 0 saturated heterocycles. The van der Waals surface area contributed by atoms with Gasteiger partial charge in [0.25, 0.3) is 5.91 Å². The quantitative estimate of drug-likeness (QED) is 0.494. The van der Waals surface area contributed by atoms with Crippen LogP contribution in [0.1, 0.15) is 50.4 Å². The van der Waals surface area contributed by atoms with Crippen molar-refractivity contribution >= 4 is 29.4 Å². The Balaban J connectivity index is 2.59. The van der Waals surface area contributed by atoms with Crippen LogP contribution in [0.2, 0.25) is 0 Å². The van der Waals surface area contributed by atoms with Crippen molar-refractivity contribution in [2.75, 3.05) is 24.4 Å². The number of rotatable bonds is 11. The Morgan fingerprint density at radius 3 is 2.59 bits per heavy atom. The van der Waals surface area contributed by atoms with Crippen LogP contribution in [0.4, 0.5) is 5.82 Å². The van der Waals surface area contributed by atoms with Gasteiger partial charge in [0, 0.05) is 18.8 Å². The largest absolute Gasteiger partial charge is 0.383 e. The summed E-state index contributed by atoms with van der Waals surface area (Å²) >= 11 is 1.61. The average Bonchev–Trinajstić information content (AvgIpc) is 2.67. The number of aromatic nitrogens is 1. The zero-order chi connectivity index (χ0) is 20.4. The van der Waals surface area contributed by atoms with Crippen LogP contribution in [-0.4, -0.2) is 52.5 Å². The Morgan fingerprint density at radius 2 is 2.04 bits per heavy atom. The highest BCUT2D eigenvalue weighted by molar-refractivity contribution is 7.98. The van der Waals surface area contributed by atoms with E-state index >= 15 is 0 Å². The molecule has 2 amide bonds. The minimum Gasteiger partial charge on any atom is -0.383 e. The molecule has 0 unspecified atom stereocenters. The summed E-state index contributed by atoms with van der Waals surface area (Å²) in [6.45, 7) is 6.62. The van der Waals surface area contributed by atoms with Gasteiger partial charge in [0.1, 0.15) is 5.82 Å². The highest BCUT2D eigenvalue weighted by Gasteiger charge is 2.25. The predicted octanol–water partition coefficient (Wildman–Crippen LogP) is 2.08. The van der Waals surface area contributed by atoms with Crippen LogP contribution in [0, 0.1) is 5.92 Å². The Morgan fingerprint density at radius 1 is 1.33 bits per heavy atom. The number of nitrogens with zero attached hydrogens (tertiary/aromatic N) is 2. The highest BCUT2D eigenvalue weighted by Crippen LogP contribution is 2.16. The van der Waals surface area contributed by atoms with Gasteiger partial charge >= 0.3 is 0 Å². The number of nitrogen functional groups attached to an aromatic ring is 1. The first-order valence-electron chi connectivity index (χ1n) is 9.40. The molecule has 0 spiro atoms. The summed E-state index contributed by atoms with van der Waals surface area (Å²) in [7, 11) is 0. The molecule has 0 fully saturated rings. The van der Waals surface area contributed by atoms with Crippen molar-refractivity contribution in [3.8, 4) is 0 Å². The van der Waals surface area contributed by atoms with Crippen LogP contribution in [-0.2, 0) is 4.79 Å². The molecule has 1 heterocycles. The van der Waals surface area contributed by atoms with E-state index in [1.165, 1.54) is 0 Å². The van der Waals surface area contributed by atoms with Crippen molar-refractivity contribution in [2.24, 2.45) is 11.7 Å². The zero-order valence-corrected chi connectivity index (χ0v) is 17.6. The van der Waals surface area contributed by atoms with Crippen molar-refractivity contribution in [3.05, 3.63) is 23.9 Å². The van der Waals surface area contributed by atoms with Gasteiger partial charge < -0.3 is 21.7 Å². The molecule has 1 aromatic rings. The standard InChI is InChI=1S/C19H33N5O2S/c1-5-14(23-18(25)15-8-7-11-22-17(15)21)10-9-13(3)16(20)19(26)24(6-2)12-27-4/h7-8,11,13-14,16H,5-6,9-10,12,20H2,1-4H3,(H2,21,22)(H,23,25)/t13-,14-,16+/m1/s1. The maximum absolute atomic E-state index is 12.5. The number of thioether (sulfide) groups is 1. The van der Waals surface area contributed by atoms with Crippen molar-refractivity contribution in [3.63, 3.8) is 0 Å². The topological polar surface area (TPSA) is 114 Å². The Labute approximate surface area is 166 Å². The molecule has 27 heavy (non-hydrogen) atoms. The highest BCUT2D eigenvalue weighted by atomic mass is 32.2. The maximum atomic E-state index is 12.5. The third-order valence-electron chi connectivity index (χ3n) is 4.76. The number of anilines is 1. The fraction of sp³-hybridized carbons (Fsp3) is 0.632. The van der Waals surface area contributed by atoms with Gasteiger partial charge in [-0.15, -0.1) is 11.8 Å². The lowest BCUT2D eigenvalue weighted by molar-refractivity contribution is -0.132. The summed E-state index contributed by atoms with van der Waals surface area (Å²) in [5.41, 5.74) is 12.3. The smallest absolute Gasteiger partial charge is 0.255 e. The molecule has 3 atom stereocenters. The predicted molar refractivity (Wildman–Crippen MR) is 112 cm³/mol. The van der Waals surface area contributed by atoms with Crippen molar-refractivity contribution in [1.29, 1.82) is 0 Å². The first-order valence-corrected chi connectivity index (χ1v) is 10.8. The van der Waals surface area contributed by atoms with Crippen LogP contribution in [0.5, 0.6) is 0 Å². The molecule has 1 rings (SSSR count). The number of nitrogens with one attached hydrogen (secondary N) is 1.